The fourth-order valence-corrected chi connectivity index (χ4v) is 1.01. The SMILES string of the molecule is [C]1=NNc2ccccc2C1. The van der Waals surface area contributed by atoms with Gasteiger partial charge in [0.15, 0.2) is 0 Å². The second-order valence-electron chi connectivity index (χ2n) is 2.22. The van der Waals surface area contributed by atoms with Gasteiger partial charge in [-0.25, -0.2) is 0 Å². The third kappa shape index (κ3) is 0.778. The lowest BCUT2D eigenvalue weighted by atomic mass is 10.1. The zero-order valence-electron chi connectivity index (χ0n) is 5.46. The number of benzene rings is 1. The van der Waals surface area contributed by atoms with Crippen LogP contribution in [0.25, 0.3) is 0 Å². The topological polar surface area (TPSA) is 24.4 Å². The molecule has 1 radical (unpaired) electrons. The molecule has 0 saturated carbocycles. The summed E-state index contributed by atoms with van der Waals surface area (Å²) in [4.78, 5) is 0. The number of nitrogens with zero attached hydrogens (tertiary/aromatic N) is 1. The minimum atomic E-state index is 0.823. The molecule has 0 spiro atoms. The molecular weight excluding hydrogens is 124 g/mol. The second kappa shape index (κ2) is 2.14. The molecule has 0 unspecified atom stereocenters. The number of anilines is 1. The zero-order valence-corrected chi connectivity index (χ0v) is 5.46. The predicted octanol–water partition coefficient (Wildman–Crippen LogP) is 1.52. The van der Waals surface area contributed by atoms with Gasteiger partial charge in [-0.05, 0) is 11.6 Å². The first-order valence-electron chi connectivity index (χ1n) is 3.23. The van der Waals surface area contributed by atoms with Gasteiger partial charge in [0.1, 0.15) is 0 Å². The van der Waals surface area contributed by atoms with E-state index in [4.69, 9.17) is 0 Å². The van der Waals surface area contributed by atoms with Crippen molar-refractivity contribution in [1.29, 1.82) is 0 Å². The highest BCUT2D eigenvalue weighted by Gasteiger charge is 2.01. The zero-order chi connectivity index (χ0) is 6.81. The van der Waals surface area contributed by atoms with Crippen molar-refractivity contribution in [2.75, 3.05) is 5.43 Å². The molecule has 2 rings (SSSR count). The Labute approximate surface area is 59.6 Å². The molecule has 1 heterocycles. The Balaban J connectivity index is 2.47. The summed E-state index contributed by atoms with van der Waals surface area (Å²) in [6, 6.07) is 8.10. The lowest BCUT2D eigenvalue weighted by Gasteiger charge is -2.09. The molecule has 0 fully saturated rings. The van der Waals surface area contributed by atoms with Crippen molar-refractivity contribution in [2.24, 2.45) is 5.10 Å². The molecule has 0 saturated heterocycles. The molecule has 1 aliphatic heterocycles. The molecule has 0 aliphatic carbocycles. The molecule has 2 nitrogen and oxygen atoms in total. The molecule has 0 atom stereocenters. The van der Waals surface area contributed by atoms with Gasteiger partial charge in [0.05, 0.1) is 11.9 Å². The van der Waals surface area contributed by atoms with Gasteiger partial charge in [-0.1, -0.05) is 18.2 Å². The number of nitrogens with one attached hydrogen (secondary N) is 1. The smallest absolute Gasteiger partial charge is 0.0887 e. The van der Waals surface area contributed by atoms with Crippen molar-refractivity contribution < 1.29 is 0 Å². The molecule has 49 valence electrons. The molecule has 1 N–H and O–H groups in total. The molecular formula is C8H7N2. The average Bonchev–Trinajstić information content (AvgIpc) is 2.05. The van der Waals surface area contributed by atoms with E-state index in [1.807, 2.05) is 18.2 Å². The van der Waals surface area contributed by atoms with Crippen molar-refractivity contribution >= 4 is 11.9 Å². The van der Waals surface area contributed by atoms with Crippen LogP contribution in [0.2, 0.25) is 0 Å². The Morgan fingerprint density at radius 1 is 1.40 bits per heavy atom. The number of hydrazone groups is 1. The van der Waals surface area contributed by atoms with Crippen molar-refractivity contribution in [3.05, 3.63) is 29.8 Å². The maximum atomic E-state index is 3.82. The van der Waals surface area contributed by atoms with Crippen LogP contribution in [0.5, 0.6) is 0 Å². The Hall–Kier alpha value is -1.31. The highest BCUT2D eigenvalue weighted by Crippen LogP contribution is 2.16. The lowest BCUT2D eigenvalue weighted by Crippen LogP contribution is -2.02. The molecule has 1 aromatic carbocycles. The van der Waals surface area contributed by atoms with Gasteiger partial charge in [-0.15, -0.1) is 0 Å². The van der Waals surface area contributed by atoms with Crippen LogP contribution >= 0.6 is 0 Å². The molecule has 1 aromatic rings. The fourth-order valence-electron chi connectivity index (χ4n) is 1.01. The van der Waals surface area contributed by atoms with E-state index in [0.717, 1.165) is 12.1 Å². The van der Waals surface area contributed by atoms with Gasteiger partial charge in [0, 0.05) is 6.42 Å². The first-order valence-corrected chi connectivity index (χ1v) is 3.23. The first-order chi connectivity index (χ1) is 4.97. The molecule has 0 aromatic heterocycles. The van der Waals surface area contributed by atoms with Crippen LogP contribution in [0.15, 0.2) is 29.4 Å². The van der Waals surface area contributed by atoms with Crippen molar-refractivity contribution in [1.82, 2.24) is 0 Å². The van der Waals surface area contributed by atoms with E-state index in [9.17, 15) is 0 Å². The first kappa shape index (κ1) is 5.47. The van der Waals surface area contributed by atoms with Crippen LogP contribution in [0.1, 0.15) is 5.56 Å². The minimum Gasteiger partial charge on any atom is -0.278 e. The van der Waals surface area contributed by atoms with Crippen LogP contribution in [0.4, 0.5) is 5.69 Å². The monoisotopic (exact) mass is 131 g/mol. The van der Waals surface area contributed by atoms with Gasteiger partial charge in [0.2, 0.25) is 0 Å². The van der Waals surface area contributed by atoms with E-state index >= 15 is 0 Å². The van der Waals surface area contributed by atoms with E-state index in [1.54, 1.807) is 0 Å². The van der Waals surface area contributed by atoms with Crippen molar-refractivity contribution in [2.45, 2.75) is 6.42 Å². The normalized spacial score (nSPS) is 14.0. The highest BCUT2D eigenvalue weighted by atomic mass is 15.3. The van der Waals surface area contributed by atoms with E-state index in [1.165, 1.54) is 5.56 Å². The maximum Gasteiger partial charge on any atom is 0.0887 e. The van der Waals surface area contributed by atoms with Gasteiger partial charge in [0.25, 0.3) is 0 Å². The van der Waals surface area contributed by atoms with Gasteiger partial charge in [-0.3, -0.25) is 5.43 Å². The van der Waals surface area contributed by atoms with Crippen LogP contribution in [0.3, 0.4) is 0 Å². The highest BCUT2D eigenvalue weighted by molar-refractivity contribution is 5.71. The Morgan fingerprint density at radius 3 is 3.20 bits per heavy atom. The third-order valence-electron chi connectivity index (χ3n) is 1.54. The van der Waals surface area contributed by atoms with Crippen LogP contribution < -0.4 is 5.43 Å². The molecule has 0 amide bonds. The van der Waals surface area contributed by atoms with Crippen LogP contribution in [-0.4, -0.2) is 6.21 Å². The fraction of sp³-hybridized carbons (Fsp3) is 0.125. The summed E-state index contributed by atoms with van der Waals surface area (Å²) in [5, 5.41) is 3.82. The minimum absolute atomic E-state index is 0.823. The van der Waals surface area contributed by atoms with Crippen molar-refractivity contribution in [3.63, 3.8) is 0 Å². The number of rotatable bonds is 0. The number of fused-ring (bicyclic) bond motifs is 1. The van der Waals surface area contributed by atoms with E-state index in [0.29, 0.717) is 0 Å². The Bertz CT molecular complexity index is 239. The number of hydrogen-bond acceptors (Lipinski definition) is 2. The number of para-hydroxylation sites is 1. The Morgan fingerprint density at radius 2 is 2.30 bits per heavy atom. The summed E-state index contributed by atoms with van der Waals surface area (Å²) in [6.45, 7) is 0. The molecule has 1 aliphatic rings. The summed E-state index contributed by atoms with van der Waals surface area (Å²) in [7, 11) is 0. The second-order valence-corrected chi connectivity index (χ2v) is 2.22. The van der Waals surface area contributed by atoms with Gasteiger partial charge in [-0.2, -0.15) is 5.10 Å². The maximum absolute atomic E-state index is 3.82. The summed E-state index contributed by atoms with van der Waals surface area (Å²) in [5.74, 6) is 0. The van der Waals surface area contributed by atoms with E-state index in [-0.39, 0.29) is 0 Å². The predicted molar refractivity (Wildman–Crippen MR) is 41.2 cm³/mol. The summed E-state index contributed by atoms with van der Waals surface area (Å²) < 4.78 is 0. The van der Waals surface area contributed by atoms with Crippen molar-refractivity contribution in [3.8, 4) is 0 Å². The Kier molecular flexibility index (Phi) is 1.17. The van der Waals surface area contributed by atoms with E-state index < -0.39 is 0 Å². The largest absolute Gasteiger partial charge is 0.278 e. The van der Waals surface area contributed by atoms with E-state index in [2.05, 4.69) is 22.8 Å². The summed E-state index contributed by atoms with van der Waals surface area (Å²) >= 11 is 0. The lowest BCUT2D eigenvalue weighted by molar-refractivity contribution is 1.21. The molecule has 10 heavy (non-hydrogen) atoms. The summed E-state index contributed by atoms with van der Waals surface area (Å²) in [6.07, 6.45) is 3.68. The molecule has 2 heteroatoms. The molecule has 0 bridgehead atoms. The quantitative estimate of drug-likeness (QED) is 0.567. The standard InChI is InChI=1S/C8H7N2/c1-2-4-8-7(3-1)5-6-9-10-8/h1-4,10H,5H2. The average molecular weight is 131 g/mol. The van der Waals surface area contributed by atoms with Gasteiger partial charge < -0.3 is 0 Å². The number of hydrogen-bond donors (Lipinski definition) is 1. The third-order valence-corrected chi connectivity index (χ3v) is 1.54. The van der Waals surface area contributed by atoms with Crippen LogP contribution in [0, 0.1) is 0 Å². The summed E-state index contributed by atoms with van der Waals surface area (Å²) in [5.41, 5.74) is 5.24. The van der Waals surface area contributed by atoms with Crippen LogP contribution in [-0.2, 0) is 6.42 Å². The van der Waals surface area contributed by atoms with Gasteiger partial charge >= 0.3 is 0 Å².